The van der Waals surface area contributed by atoms with E-state index in [-0.39, 0.29) is 17.2 Å². The third-order valence-corrected chi connectivity index (χ3v) is 3.85. The zero-order valence-corrected chi connectivity index (χ0v) is 14.8. The second-order valence-corrected chi connectivity index (χ2v) is 5.69. The molecule has 7 heteroatoms. The first-order valence-electron chi connectivity index (χ1n) is 7.81. The predicted octanol–water partition coefficient (Wildman–Crippen LogP) is 4.23. The zero-order chi connectivity index (χ0) is 18.7. The van der Waals surface area contributed by atoms with E-state index in [2.05, 4.69) is 4.99 Å². The molecule has 1 aliphatic rings. The Morgan fingerprint density at radius 1 is 1.31 bits per heavy atom. The van der Waals surface area contributed by atoms with Gasteiger partial charge in [0.15, 0.2) is 17.2 Å². The van der Waals surface area contributed by atoms with Crippen LogP contribution in [-0.2, 0) is 9.53 Å². The quantitative estimate of drug-likeness (QED) is 0.579. The van der Waals surface area contributed by atoms with Crippen molar-refractivity contribution in [1.29, 1.82) is 0 Å². The Morgan fingerprint density at radius 3 is 2.77 bits per heavy atom. The molecule has 0 spiro atoms. The van der Waals surface area contributed by atoms with Crippen LogP contribution in [0, 0.1) is 5.82 Å². The maximum Gasteiger partial charge on any atom is 0.363 e. The summed E-state index contributed by atoms with van der Waals surface area (Å²) in [4.78, 5) is 16.2. The lowest BCUT2D eigenvalue weighted by Crippen LogP contribution is -2.07. The molecule has 2 aromatic rings. The number of carbonyl (C=O) groups excluding carboxylic acids is 1. The summed E-state index contributed by atoms with van der Waals surface area (Å²) in [6, 6.07) is 9.21. The van der Waals surface area contributed by atoms with Crippen LogP contribution in [0.2, 0.25) is 5.02 Å². The van der Waals surface area contributed by atoms with Crippen molar-refractivity contribution in [3.05, 3.63) is 64.1 Å². The molecule has 0 saturated carbocycles. The third kappa shape index (κ3) is 3.55. The summed E-state index contributed by atoms with van der Waals surface area (Å²) in [6.45, 7) is 2.26. The lowest BCUT2D eigenvalue weighted by molar-refractivity contribution is -0.129. The molecule has 0 N–H and O–H groups in total. The normalized spacial score (nSPS) is 15.0. The van der Waals surface area contributed by atoms with E-state index in [0.29, 0.717) is 28.7 Å². The van der Waals surface area contributed by atoms with E-state index in [1.165, 1.54) is 25.3 Å². The van der Waals surface area contributed by atoms with Gasteiger partial charge in [0.05, 0.1) is 24.3 Å². The standard InChI is InChI=1S/C19H15ClFNO4/c1-3-25-17-13(20)8-11(10-16(17)24-2)9-15-19(23)26-18(22-15)12-6-4-5-7-14(12)21/h4-10H,3H2,1-2H3/b15-9-. The van der Waals surface area contributed by atoms with E-state index in [1.54, 1.807) is 24.3 Å². The van der Waals surface area contributed by atoms with Crippen LogP contribution < -0.4 is 9.47 Å². The van der Waals surface area contributed by atoms with Crippen molar-refractivity contribution in [2.75, 3.05) is 13.7 Å². The molecule has 0 aliphatic carbocycles. The van der Waals surface area contributed by atoms with Crippen LogP contribution in [0.4, 0.5) is 4.39 Å². The molecule has 3 rings (SSSR count). The van der Waals surface area contributed by atoms with Gasteiger partial charge in [-0.05, 0) is 42.8 Å². The van der Waals surface area contributed by atoms with Crippen molar-refractivity contribution in [2.45, 2.75) is 6.92 Å². The fourth-order valence-electron chi connectivity index (χ4n) is 2.42. The highest BCUT2D eigenvalue weighted by Crippen LogP contribution is 2.37. The zero-order valence-electron chi connectivity index (χ0n) is 14.1. The fraction of sp³-hybridized carbons (Fsp3) is 0.158. The number of rotatable bonds is 5. The van der Waals surface area contributed by atoms with Crippen molar-refractivity contribution in [2.24, 2.45) is 4.99 Å². The Morgan fingerprint density at radius 2 is 2.08 bits per heavy atom. The van der Waals surface area contributed by atoms with Gasteiger partial charge >= 0.3 is 5.97 Å². The number of aliphatic imine (C=N–C) groups is 1. The molecule has 1 aliphatic heterocycles. The molecule has 0 aromatic heterocycles. The third-order valence-electron chi connectivity index (χ3n) is 3.57. The average molecular weight is 376 g/mol. The molecule has 0 unspecified atom stereocenters. The first-order valence-corrected chi connectivity index (χ1v) is 8.19. The number of methoxy groups -OCH3 is 1. The number of benzene rings is 2. The van der Waals surface area contributed by atoms with Crippen molar-refractivity contribution in [3.63, 3.8) is 0 Å². The minimum absolute atomic E-state index is 0.0329. The van der Waals surface area contributed by atoms with Crippen LogP contribution in [0.1, 0.15) is 18.1 Å². The molecular weight excluding hydrogens is 361 g/mol. The Kier molecular flexibility index (Phi) is 5.23. The number of esters is 1. The smallest absolute Gasteiger partial charge is 0.363 e. The Bertz CT molecular complexity index is 924. The molecule has 26 heavy (non-hydrogen) atoms. The minimum Gasteiger partial charge on any atom is -0.493 e. The summed E-state index contributed by atoms with van der Waals surface area (Å²) in [6.07, 6.45) is 1.49. The van der Waals surface area contributed by atoms with Gasteiger partial charge < -0.3 is 14.2 Å². The van der Waals surface area contributed by atoms with Crippen molar-refractivity contribution in [1.82, 2.24) is 0 Å². The minimum atomic E-state index is -0.674. The van der Waals surface area contributed by atoms with Gasteiger partial charge in [-0.15, -0.1) is 0 Å². The fourth-order valence-corrected chi connectivity index (χ4v) is 2.70. The number of hydrogen-bond donors (Lipinski definition) is 0. The van der Waals surface area contributed by atoms with Crippen molar-refractivity contribution < 1.29 is 23.4 Å². The molecule has 0 saturated heterocycles. The Balaban J connectivity index is 1.98. The average Bonchev–Trinajstić information content (AvgIpc) is 2.98. The lowest BCUT2D eigenvalue weighted by Gasteiger charge is -2.11. The topological polar surface area (TPSA) is 57.1 Å². The number of nitrogens with zero attached hydrogens (tertiary/aromatic N) is 1. The number of cyclic esters (lactones) is 1. The number of hydrogen-bond acceptors (Lipinski definition) is 5. The molecule has 2 aromatic carbocycles. The van der Waals surface area contributed by atoms with E-state index >= 15 is 0 Å². The SMILES string of the molecule is CCOc1c(Cl)cc(/C=C2\N=C(c3ccccc3F)OC2=O)cc1OC. The largest absolute Gasteiger partial charge is 0.493 e. The molecule has 0 fully saturated rings. The summed E-state index contributed by atoms with van der Waals surface area (Å²) >= 11 is 6.22. The second kappa shape index (κ2) is 7.58. The monoisotopic (exact) mass is 375 g/mol. The van der Waals surface area contributed by atoms with Crippen molar-refractivity contribution in [3.8, 4) is 11.5 Å². The van der Waals surface area contributed by atoms with Gasteiger partial charge in [0, 0.05) is 0 Å². The first kappa shape index (κ1) is 17.9. The maximum absolute atomic E-state index is 13.9. The number of carbonyl (C=O) groups is 1. The summed E-state index contributed by atoms with van der Waals surface area (Å²) in [5, 5.41) is 0.336. The Labute approximate surface area is 154 Å². The van der Waals surface area contributed by atoms with Gasteiger partial charge in [0.2, 0.25) is 5.90 Å². The summed E-state index contributed by atoms with van der Waals surface area (Å²) in [5.74, 6) is -0.430. The highest BCUT2D eigenvalue weighted by molar-refractivity contribution is 6.32. The lowest BCUT2D eigenvalue weighted by atomic mass is 10.1. The van der Waals surface area contributed by atoms with Gasteiger partial charge in [-0.1, -0.05) is 23.7 Å². The van der Waals surface area contributed by atoms with Crippen molar-refractivity contribution >= 4 is 29.5 Å². The summed E-state index contributed by atoms with van der Waals surface area (Å²) in [7, 11) is 1.49. The molecule has 5 nitrogen and oxygen atoms in total. The van der Waals surface area contributed by atoms with Gasteiger partial charge in [0.1, 0.15) is 5.82 Å². The van der Waals surface area contributed by atoms with E-state index in [4.69, 9.17) is 25.8 Å². The second-order valence-electron chi connectivity index (χ2n) is 5.28. The van der Waals surface area contributed by atoms with Gasteiger partial charge in [-0.25, -0.2) is 14.2 Å². The molecular formula is C19H15ClFNO4. The van der Waals surface area contributed by atoms with Crippen LogP contribution in [-0.4, -0.2) is 25.6 Å². The van der Waals surface area contributed by atoms with Crippen LogP contribution in [0.5, 0.6) is 11.5 Å². The van der Waals surface area contributed by atoms with E-state index in [1.807, 2.05) is 6.92 Å². The van der Waals surface area contributed by atoms with E-state index in [0.717, 1.165) is 0 Å². The van der Waals surface area contributed by atoms with Gasteiger partial charge in [-0.2, -0.15) is 0 Å². The predicted molar refractivity (Wildman–Crippen MR) is 96.2 cm³/mol. The van der Waals surface area contributed by atoms with Crippen LogP contribution in [0.15, 0.2) is 47.1 Å². The Hall–Kier alpha value is -2.86. The first-order chi connectivity index (χ1) is 12.5. The molecule has 0 amide bonds. The summed E-state index contributed by atoms with van der Waals surface area (Å²) < 4.78 is 29.7. The number of halogens is 2. The molecule has 0 radical (unpaired) electrons. The van der Waals surface area contributed by atoms with Crippen LogP contribution in [0.25, 0.3) is 6.08 Å². The number of ether oxygens (including phenoxy) is 3. The maximum atomic E-state index is 13.9. The van der Waals surface area contributed by atoms with Gasteiger partial charge in [0.25, 0.3) is 0 Å². The molecule has 0 atom stereocenters. The highest BCUT2D eigenvalue weighted by Gasteiger charge is 2.26. The van der Waals surface area contributed by atoms with E-state index in [9.17, 15) is 9.18 Å². The molecule has 134 valence electrons. The molecule has 1 heterocycles. The molecule has 0 bridgehead atoms. The van der Waals surface area contributed by atoms with Crippen LogP contribution >= 0.6 is 11.6 Å². The highest BCUT2D eigenvalue weighted by atomic mass is 35.5. The summed E-state index contributed by atoms with van der Waals surface area (Å²) in [5.41, 5.74) is 0.720. The van der Waals surface area contributed by atoms with Gasteiger partial charge in [-0.3, -0.25) is 0 Å². The van der Waals surface area contributed by atoms with Crippen LogP contribution in [0.3, 0.4) is 0 Å². The van der Waals surface area contributed by atoms with E-state index < -0.39 is 11.8 Å².